The second-order valence-corrected chi connectivity index (χ2v) is 8.09. The van der Waals surface area contributed by atoms with Crippen LogP contribution in [0.2, 0.25) is 0 Å². The highest BCUT2D eigenvalue weighted by molar-refractivity contribution is 7.89. The van der Waals surface area contributed by atoms with Crippen molar-refractivity contribution in [2.45, 2.75) is 17.9 Å². The van der Waals surface area contributed by atoms with Gasteiger partial charge >= 0.3 is 0 Å². The topological polar surface area (TPSA) is 102 Å². The number of piperazine rings is 1. The zero-order chi connectivity index (χ0) is 19.6. The van der Waals surface area contributed by atoms with E-state index in [0.29, 0.717) is 18.8 Å². The largest absolute Gasteiger partial charge is 0.496 e. The molecule has 0 saturated carbocycles. The molecule has 8 nitrogen and oxygen atoms in total. The Bertz CT molecular complexity index is 961. The Hall–Kier alpha value is -2.49. The van der Waals surface area contributed by atoms with Crippen LogP contribution < -0.4 is 10.1 Å². The van der Waals surface area contributed by atoms with E-state index in [0.717, 1.165) is 5.56 Å². The van der Waals surface area contributed by atoms with Gasteiger partial charge in [0.05, 0.1) is 23.0 Å². The minimum Gasteiger partial charge on any atom is -0.496 e. The predicted octanol–water partition coefficient (Wildman–Crippen LogP) is 2.25. The van der Waals surface area contributed by atoms with Gasteiger partial charge in [0.25, 0.3) is 5.69 Å². The lowest BCUT2D eigenvalue weighted by Crippen LogP contribution is -2.48. The van der Waals surface area contributed by atoms with Crippen molar-refractivity contribution in [1.82, 2.24) is 9.62 Å². The minimum absolute atomic E-state index is 0.0431. The molecule has 9 heteroatoms. The average molecular weight is 391 g/mol. The monoisotopic (exact) mass is 391 g/mol. The molecule has 0 radical (unpaired) electrons. The van der Waals surface area contributed by atoms with Crippen LogP contribution in [0.25, 0.3) is 0 Å². The van der Waals surface area contributed by atoms with Crippen LogP contribution in [0.5, 0.6) is 5.75 Å². The molecule has 1 saturated heterocycles. The van der Waals surface area contributed by atoms with Crippen LogP contribution >= 0.6 is 0 Å². The van der Waals surface area contributed by atoms with Crippen LogP contribution in [0.3, 0.4) is 0 Å². The molecule has 0 amide bonds. The molecule has 1 aliphatic rings. The number of hydrogen-bond acceptors (Lipinski definition) is 6. The first-order chi connectivity index (χ1) is 12.9. The predicted molar refractivity (Wildman–Crippen MR) is 100 cm³/mol. The number of benzene rings is 2. The number of rotatable bonds is 5. The molecule has 27 heavy (non-hydrogen) atoms. The molecule has 3 rings (SSSR count). The normalized spacial score (nSPS) is 18.2. The Morgan fingerprint density at radius 1 is 1.22 bits per heavy atom. The standard InChI is InChI=1S/C18H21N3O5S/c1-13-15(21(22)23)7-5-9-18(13)27(24,25)20-11-10-19-12-16(20)14-6-3-4-8-17(14)26-2/h3-9,16,19H,10-12H2,1-2H3. The summed E-state index contributed by atoms with van der Waals surface area (Å²) in [6.07, 6.45) is 0. The quantitative estimate of drug-likeness (QED) is 0.620. The van der Waals surface area contributed by atoms with E-state index in [9.17, 15) is 18.5 Å². The Kier molecular flexibility index (Phi) is 5.45. The summed E-state index contributed by atoms with van der Waals surface area (Å²) < 4.78 is 33.6. The van der Waals surface area contributed by atoms with Crippen LogP contribution in [0, 0.1) is 17.0 Å². The highest BCUT2D eigenvalue weighted by atomic mass is 32.2. The maximum Gasteiger partial charge on any atom is 0.273 e. The van der Waals surface area contributed by atoms with Crippen LogP contribution in [0.15, 0.2) is 47.4 Å². The molecule has 1 unspecified atom stereocenters. The third-order valence-corrected chi connectivity index (χ3v) is 6.78. The van der Waals surface area contributed by atoms with Crippen molar-refractivity contribution in [3.8, 4) is 5.75 Å². The molecule has 2 aromatic carbocycles. The molecule has 0 aliphatic carbocycles. The summed E-state index contributed by atoms with van der Waals surface area (Å²) in [5.41, 5.74) is 0.679. The van der Waals surface area contributed by atoms with Gasteiger partial charge in [-0.15, -0.1) is 0 Å². The zero-order valence-corrected chi connectivity index (χ0v) is 15.9. The van der Waals surface area contributed by atoms with E-state index >= 15 is 0 Å². The average Bonchev–Trinajstić information content (AvgIpc) is 2.67. The first kappa shape index (κ1) is 19.3. The van der Waals surface area contributed by atoms with Gasteiger partial charge in [-0.3, -0.25) is 10.1 Å². The van der Waals surface area contributed by atoms with Gasteiger partial charge in [-0.25, -0.2) is 8.42 Å². The zero-order valence-electron chi connectivity index (χ0n) is 15.1. The molecular formula is C18H21N3O5S. The lowest BCUT2D eigenvalue weighted by molar-refractivity contribution is -0.385. The molecule has 144 valence electrons. The van der Waals surface area contributed by atoms with Crippen molar-refractivity contribution >= 4 is 15.7 Å². The molecule has 1 aliphatic heterocycles. The molecule has 1 heterocycles. The summed E-state index contributed by atoms with van der Waals surface area (Å²) in [5, 5.41) is 14.4. The van der Waals surface area contributed by atoms with Crippen molar-refractivity contribution in [1.29, 1.82) is 0 Å². The Balaban J connectivity index is 2.09. The SMILES string of the molecule is COc1ccccc1C1CNCCN1S(=O)(=O)c1cccc([N+](=O)[O-])c1C. The van der Waals surface area contributed by atoms with Crippen molar-refractivity contribution < 1.29 is 18.1 Å². The summed E-state index contributed by atoms with van der Waals surface area (Å²) in [7, 11) is -2.40. The van der Waals surface area contributed by atoms with Gasteiger partial charge in [0, 0.05) is 36.8 Å². The van der Waals surface area contributed by atoms with E-state index in [1.54, 1.807) is 13.2 Å². The van der Waals surface area contributed by atoms with Crippen molar-refractivity contribution in [2.24, 2.45) is 0 Å². The second-order valence-electron chi connectivity index (χ2n) is 6.24. The molecule has 2 aromatic rings. The third-order valence-electron chi connectivity index (χ3n) is 4.73. The number of nitro groups is 1. The lowest BCUT2D eigenvalue weighted by atomic mass is 10.0. The fourth-order valence-corrected chi connectivity index (χ4v) is 5.24. The van der Waals surface area contributed by atoms with Gasteiger partial charge in [0.15, 0.2) is 0 Å². The van der Waals surface area contributed by atoms with E-state index < -0.39 is 21.0 Å². The fraction of sp³-hybridized carbons (Fsp3) is 0.333. The number of methoxy groups -OCH3 is 1. The first-order valence-corrected chi connectivity index (χ1v) is 9.91. The van der Waals surface area contributed by atoms with E-state index in [4.69, 9.17) is 4.74 Å². The smallest absolute Gasteiger partial charge is 0.273 e. The van der Waals surface area contributed by atoms with Crippen molar-refractivity contribution in [2.75, 3.05) is 26.7 Å². The minimum atomic E-state index is -3.94. The number of sulfonamides is 1. The number of hydrogen-bond donors (Lipinski definition) is 1. The number of ether oxygens (including phenoxy) is 1. The maximum absolute atomic E-state index is 13.4. The summed E-state index contributed by atoms with van der Waals surface area (Å²) in [6.45, 7) is 2.64. The summed E-state index contributed by atoms with van der Waals surface area (Å²) in [6, 6.07) is 10.9. The van der Waals surface area contributed by atoms with E-state index in [2.05, 4.69) is 5.32 Å². The third kappa shape index (κ3) is 3.53. The summed E-state index contributed by atoms with van der Waals surface area (Å²) in [5.74, 6) is 0.599. The Labute approximate surface area is 158 Å². The number of para-hydroxylation sites is 1. The summed E-state index contributed by atoms with van der Waals surface area (Å²) >= 11 is 0. The lowest BCUT2D eigenvalue weighted by Gasteiger charge is -2.36. The van der Waals surface area contributed by atoms with E-state index in [-0.39, 0.29) is 22.7 Å². The van der Waals surface area contributed by atoms with E-state index in [1.807, 2.05) is 18.2 Å². The van der Waals surface area contributed by atoms with Gasteiger partial charge in [-0.1, -0.05) is 24.3 Å². The summed E-state index contributed by atoms with van der Waals surface area (Å²) in [4.78, 5) is 10.6. The molecule has 1 atom stereocenters. The molecule has 1 fully saturated rings. The fourth-order valence-electron chi connectivity index (χ4n) is 3.39. The van der Waals surface area contributed by atoms with Crippen LogP contribution in [0.1, 0.15) is 17.2 Å². The highest BCUT2D eigenvalue weighted by Gasteiger charge is 2.37. The molecule has 0 spiro atoms. The Morgan fingerprint density at radius 2 is 1.96 bits per heavy atom. The highest BCUT2D eigenvalue weighted by Crippen LogP contribution is 2.35. The van der Waals surface area contributed by atoms with Gasteiger partial charge in [-0.05, 0) is 19.1 Å². The molecule has 0 bridgehead atoms. The number of nitro benzene ring substituents is 1. The molecular weight excluding hydrogens is 370 g/mol. The van der Waals surface area contributed by atoms with Crippen LogP contribution in [0.4, 0.5) is 5.69 Å². The first-order valence-electron chi connectivity index (χ1n) is 8.47. The maximum atomic E-state index is 13.4. The Morgan fingerprint density at radius 3 is 2.67 bits per heavy atom. The second kappa shape index (κ2) is 7.63. The van der Waals surface area contributed by atoms with Gasteiger partial charge in [0.2, 0.25) is 10.0 Å². The van der Waals surface area contributed by atoms with Crippen LogP contribution in [-0.4, -0.2) is 44.4 Å². The van der Waals surface area contributed by atoms with Crippen molar-refractivity contribution in [3.63, 3.8) is 0 Å². The van der Waals surface area contributed by atoms with E-state index in [1.165, 1.54) is 29.4 Å². The molecule has 1 N–H and O–H groups in total. The number of nitrogens with zero attached hydrogens (tertiary/aromatic N) is 2. The van der Waals surface area contributed by atoms with Gasteiger partial charge in [-0.2, -0.15) is 4.31 Å². The molecule has 0 aromatic heterocycles. The van der Waals surface area contributed by atoms with Crippen molar-refractivity contribution in [3.05, 3.63) is 63.7 Å². The van der Waals surface area contributed by atoms with Crippen LogP contribution in [-0.2, 0) is 10.0 Å². The van der Waals surface area contributed by atoms with Gasteiger partial charge < -0.3 is 10.1 Å². The number of nitrogens with one attached hydrogen (secondary N) is 1. The van der Waals surface area contributed by atoms with Gasteiger partial charge in [0.1, 0.15) is 5.75 Å².